The van der Waals surface area contributed by atoms with Crippen molar-refractivity contribution in [2.45, 2.75) is 44.6 Å². The second-order valence-electron chi connectivity index (χ2n) is 6.91. The maximum absolute atomic E-state index is 12.4. The van der Waals surface area contributed by atoms with E-state index in [0.29, 0.717) is 5.56 Å². The quantitative estimate of drug-likeness (QED) is 0.705. The number of nitrogens with one attached hydrogen (secondary N) is 1. The van der Waals surface area contributed by atoms with Crippen LogP contribution in [0.15, 0.2) is 48.5 Å². The standard InChI is InChI=1S/C22H23NO4/c24-20(18-10-9-16-7-4-8-17(16)14-18)11-12-21(25)23-19(22(26)27)13-15-5-2-1-3-6-15/h1-3,5-6,9-10,14,19H,4,7-8,11-13H2,(H,23,25)(H,26,27). The average Bonchev–Trinajstić information content (AvgIpc) is 3.14. The molecule has 0 bridgehead atoms. The number of fused-ring (bicyclic) bond motifs is 1. The highest BCUT2D eigenvalue weighted by molar-refractivity contribution is 5.98. The molecule has 0 heterocycles. The lowest BCUT2D eigenvalue weighted by molar-refractivity contribution is -0.141. The summed E-state index contributed by atoms with van der Waals surface area (Å²) in [7, 11) is 0. The first-order valence-electron chi connectivity index (χ1n) is 9.24. The molecule has 1 aliphatic rings. The normalized spacial score (nSPS) is 13.6. The monoisotopic (exact) mass is 365 g/mol. The maximum atomic E-state index is 12.4. The Hall–Kier alpha value is -2.95. The van der Waals surface area contributed by atoms with Crippen molar-refractivity contribution < 1.29 is 19.5 Å². The Bertz CT molecular complexity index is 845. The lowest BCUT2D eigenvalue weighted by atomic mass is 10.0. The first-order valence-corrected chi connectivity index (χ1v) is 9.24. The van der Waals surface area contributed by atoms with Gasteiger partial charge in [-0.1, -0.05) is 42.5 Å². The molecule has 27 heavy (non-hydrogen) atoms. The maximum Gasteiger partial charge on any atom is 0.326 e. The minimum absolute atomic E-state index is 0.0194. The molecule has 2 aromatic carbocycles. The van der Waals surface area contributed by atoms with Gasteiger partial charge in [-0.25, -0.2) is 4.79 Å². The molecule has 0 saturated carbocycles. The van der Waals surface area contributed by atoms with Crippen LogP contribution in [0, 0.1) is 0 Å². The molecule has 0 aliphatic heterocycles. The van der Waals surface area contributed by atoms with Crippen molar-refractivity contribution in [3.05, 3.63) is 70.8 Å². The molecule has 2 aromatic rings. The fraction of sp³-hybridized carbons (Fsp3) is 0.318. The number of carbonyl (C=O) groups is 3. The van der Waals surface area contributed by atoms with Gasteiger partial charge in [0.15, 0.2) is 5.78 Å². The second-order valence-corrected chi connectivity index (χ2v) is 6.91. The predicted octanol–water partition coefficient (Wildman–Crippen LogP) is 2.95. The van der Waals surface area contributed by atoms with Crippen molar-refractivity contribution in [3.8, 4) is 0 Å². The van der Waals surface area contributed by atoms with Crippen LogP contribution in [0.2, 0.25) is 0 Å². The zero-order valence-electron chi connectivity index (χ0n) is 15.1. The Labute approximate surface area is 158 Å². The van der Waals surface area contributed by atoms with E-state index in [0.717, 1.165) is 24.8 Å². The van der Waals surface area contributed by atoms with Crippen LogP contribution in [0.25, 0.3) is 0 Å². The van der Waals surface area contributed by atoms with Gasteiger partial charge >= 0.3 is 5.97 Å². The number of Topliss-reactive ketones (excluding diaryl/α,β-unsaturated/α-hetero) is 1. The van der Waals surface area contributed by atoms with Gasteiger partial charge in [-0.15, -0.1) is 0 Å². The van der Waals surface area contributed by atoms with Gasteiger partial charge < -0.3 is 10.4 Å². The van der Waals surface area contributed by atoms with E-state index in [1.54, 1.807) is 0 Å². The van der Waals surface area contributed by atoms with E-state index in [9.17, 15) is 19.5 Å². The van der Waals surface area contributed by atoms with E-state index >= 15 is 0 Å². The van der Waals surface area contributed by atoms with E-state index in [2.05, 4.69) is 5.32 Å². The van der Waals surface area contributed by atoms with Gasteiger partial charge in [0.05, 0.1) is 0 Å². The molecule has 1 atom stereocenters. The van der Waals surface area contributed by atoms with E-state index in [1.165, 1.54) is 11.1 Å². The summed E-state index contributed by atoms with van der Waals surface area (Å²) in [6.45, 7) is 0. The van der Waals surface area contributed by atoms with Crippen molar-refractivity contribution in [2.75, 3.05) is 0 Å². The van der Waals surface area contributed by atoms with Gasteiger partial charge in [0.2, 0.25) is 5.91 Å². The van der Waals surface area contributed by atoms with Crippen molar-refractivity contribution in [2.24, 2.45) is 0 Å². The third-order valence-corrected chi connectivity index (χ3v) is 4.92. The van der Waals surface area contributed by atoms with E-state index < -0.39 is 17.9 Å². The number of ketones is 1. The van der Waals surface area contributed by atoms with Gasteiger partial charge in [0, 0.05) is 24.8 Å². The van der Waals surface area contributed by atoms with Gasteiger partial charge in [0.25, 0.3) is 0 Å². The zero-order valence-corrected chi connectivity index (χ0v) is 15.1. The molecule has 0 fully saturated rings. The first kappa shape index (κ1) is 18.8. The topological polar surface area (TPSA) is 83.5 Å². The molecular formula is C22H23NO4. The summed E-state index contributed by atoms with van der Waals surface area (Å²) in [5.41, 5.74) is 3.98. The van der Waals surface area contributed by atoms with E-state index in [-0.39, 0.29) is 25.0 Å². The highest BCUT2D eigenvalue weighted by Crippen LogP contribution is 2.23. The molecule has 1 amide bonds. The van der Waals surface area contributed by atoms with Crippen molar-refractivity contribution in [1.29, 1.82) is 0 Å². The summed E-state index contributed by atoms with van der Waals surface area (Å²) in [6, 6.07) is 13.9. The molecule has 1 aliphatic carbocycles. The third kappa shape index (κ3) is 5.03. The largest absolute Gasteiger partial charge is 0.480 e. The van der Waals surface area contributed by atoms with Gasteiger partial charge in [0.1, 0.15) is 6.04 Å². The third-order valence-electron chi connectivity index (χ3n) is 4.92. The van der Waals surface area contributed by atoms with E-state index in [1.807, 2.05) is 48.5 Å². The Morgan fingerprint density at radius 2 is 1.70 bits per heavy atom. The smallest absolute Gasteiger partial charge is 0.326 e. The van der Waals surface area contributed by atoms with Crippen LogP contribution < -0.4 is 5.32 Å². The fourth-order valence-electron chi connectivity index (χ4n) is 3.43. The summed E-state index contributed by atoms with van der Waals surface area (Å²) in [6.07, 6.45) is 3.44. The molecule has 2 N–H and O–H groups in total. The summed E-state index contributed by atoms with van der Waals surface area (Å²) >= 11 is 0. The Balaban J connectivity index is 1.53. The Morgan fingerprint density at radius 3 is 2.44 bits per heavy atom. The fourth-order valence-corrected chi connectivity index (χ4v) is 3.43. The molecule has 0 saturated heterocycles. The summed E-state index contributed by atoms with van der Waals surface area (Å²) in [5.74, 6) is -1.60. The van der Waals surface area contributed by atoms with Crippen LogP contribution in [0.4, 0.5) is 0 Å². The highest BCUT2D eigenvalue weighted by Gasteiger charge is 2.21. The molecule has 0 radical (unpaired) electrons. The van der Waals surface area contributed by atoms with Crippen LogP contribution in [0.3, 0.4) is 0 Å². The predicted molar refractivity (Wildman–Crippen MR) is 102 cm³/mol. The number of carboxylic acids is 1. The first-order chi connectivity index (χ1) is 13.0. The molecule has 3 rings (SSSR count). The number of hydrogen-bond donors (Lipinski definition) is 2. The van der Waals surface area contributed by atoms with Crippen molar-refractivity contribution in [3.63, 3.8) is 0 Å². The molecule has 0 aromatic heterocycles. The molecule has 5 heteroatoms. The summed E-state index contributed by atoms with van der Waals surface area (Å²) < 4.78 is 0. The van der Waals surface area contributed by atoms with Crippen LogP contribution in [-0.2, 0) is 28.9 Å². The molecule has 1 unspecified atom stereocenters. The second kappa shape index (κ2) is 8.62. The van der Waals surface area contributed by atoms with Crippen molar-refractivity contribution >= 4 is 17.7 Å². The van der Waals surface area contributed by atoms with Crippen LogP contribution >= 0.6 is 0 Å². The Morgan fingerprint density at radius 1 is 0.963 bits per heavy atom. The number of carbonyl (C=O) groups excluding carboxylic acids is 2. The number of carboxylic acid groups (broad SMARTS) is 1. The summed E-state index contributed by atoms with van der Waals surface area (Å²) in [5, 5.41) is 11.9. The van der Waals surface area contributed by atoms with Crippen molar-refractivity contribution in [1.82, 2.24) is 5.32 Å². The molecular weight excluding hydrogens is 342 g/mol. The number of rotatable bonds is 8. The molecule has 140 valence electrons. The van der Waals surface area contributed by atoms with Crippen LogP contribution in [0.5, 0.6) is 0 Å². The van der Waals surface area contributed by atoms with Crippen LogP contribution in [0.1, 0.15) is 46.3 Å². The minimum Gasteiger partial charge on any atom is -0.480 e. The van der Waals surface area contributed by atoms with Crippen LogP contribution in [-0.4, -0.2) is 28.8 Å². The molecule has 5 nitrogen and oxygen atoms in total. The lowest BCUT2D eigenvalue weighted by Gasteiger charge is -2.14. The number of aryl methyl sites for hydroxylation is 2. The number of aliphatic carboxylic acids is 1. The van der Waals surface area contributed by atoms with Gasteiger partial charge in [-0.05, 0) is 42.0 Å². The lowest BCUT2D eigenvalue weighted by Crippen LogP contribution is -2.42. The number of amides is 1. The minimum atomic E-state index is -1.09. The zero-order chi connectivity index (χ0) is 19.2. The van der Waals surface area contributed by atoms with Gasteiger partial charge in [-0.2, -0.15) is 0 Å². The molecule has 0 spiro atoms. The van der Waals surface area contributed by atoms with Gasteiger partial charge in [-0.3, -0.25) is 9.59 Å². The summed E-state index contributed by atoms with van der Waals surface area (Å²) in [4.78, 5) is 35.9. The van der Waals surface area contributed by atoms with E-state index in [4.69, 9.17) is 0 Å². The SMILES string of the molecule is O=C(CCC(=O)c1ccc2c(c1)CCC2)NC(Cc1ccccc1)C(=O)O. The Kier molecular flexibility index (Phi) is 6.01. The number of hydrogen-bond acceptors (Lipinski definition) is 3. The average molecular weight is 365 g/mol. The highest BCUT2D eigenvalue weighted by atomic mass is 16.4. The number of benzene rings is 2.